The highest BCUT2D eigenvalue weighted by Gasteiger charge is 2.17. The van der Waals surface area contributed by atoms with E-state index in [0.29, 0.717) is 6.04 Å². The summed E-state index contributed by atoms with van der Waals surface area (Å²) in [5.41, 5.74) is 5.45. The van der Waals surface area contributed by atoms with Crippen molar-refractivity contribution >= 4 is 43.6 Å². The number of benzene rings is 4. The third-order valence-electron chi connectivity index (χ3n) is 7.30. The molecule has 0 aliphatic carbocycles. The zero-order chi connectivity index (χ0) is 22.2. The standard InChI is InChI=1S/C31H30N2/c1-2-23(33-30-20-9-5-16-26(30)27-17-6-10-21-31(27)33)13-11-12-22-32-28-18-7-3-14-24(28)25-15-4-8-19-29(25)32/h3-10,14-21,23H,2,11-13,22H2,1H3. The van der Waals surface area contributed by atoms with E-state index >= 15 is 0 Å². The van der Waals surface area contributed by atoms with Crippen LogP contribution >= 0.6 is 0 Å². The summed E-state index contributed by atoms with van der Waals surface area (Å²) in [5.74, 6) is 0. The molecule has 4 aromatic carbocycles. The van der Waals surface area contributed by atoms with E-state index in [4.69, 9.17) is 0 Å². The summed E-state index contributed by atoms with van der Waals surface area (Å²) in [4.78, 5) is 0. The molecule has 0 spiro atoms. The summed E-state index contributed by atoms with van der Waals surface area (Å²) in [6.45, 7) is 3.40. The van der Waals surface area contributed by atoms with Gasteiger partial charge in [0.25, 0.3) is 0 Å². The number of nitrogens with zero attached hydrogens (tertiary/aromatic N) is 2. The first-order valence-electron chi connectivity index (χ1n) is 12.3. The molecule has 1 unspecified atom stereocenters. The normalized spacial score (nSPS) is 12.9. The Morgan fingerprint density at radius 2 is 0.970 bits per heavy atom. The SMILES string of the molecule is CCC(CCCCn1c2ccccc2c2ccccc21)n1c2ccccc2c2ccccc21. The van der Waals surface area contributed by atoms with Crippen molar-refractivity contribution in [3.63, 3.8) is 0 Å². The second-order valence-electron chi connectivity index (χ2n) is 9.15. The molecule has 2 heterocycles. The monoisotopic (exact) mass is 430 g/mol. The number of aryl methyl sites for hydroxylation is 1. The van der Waals surface area contributed by atoms with Gasteiger partial charge in [-0.25, -0.2) is 0 Å². The van der Waals surface area contributed by atoms with Crippen LogP contribution in [0.3, 0.4) is 0 Å². The number of rotatable bonds is 7. The van der Waals surface area contributed by atoms with Gasteiger partial charge in [-0.05, 0) is 49.9 Å². The van der Waals surface area contributed by atoms with Gasteiger partial charge in [-0.15, -0.1) is 0 Å². The lowest BCUT2D eigenvalue weighted by Crippen LogP contribution is -2.08. The minimum absolute atomic E-state index is 0.521. The number of hydrogen-bond donors (Lipinski definition) is 0. The van der Waals surface area contributed by atoms with Crippen LogP contribution in [-0.4, -0.2) is 9.13 Å². The predicted molar refractivity (Wildman–Crippen MR) is 142 cm³/mol. The molecular weight excluding hydrogens is 400 g/mol. The Bertz CT molecular complexity index is 1460. The molecule has 0 saturated carbocycles. The second kappa shape index (κ2) is 8.44. The Balaban J connectivity index is 1.26. The van der Waals surface area contributed by atoms with Crippen LogP contribution in [0.5, 0.6) is 0 Å². The van der Waals surface area contributed by atoms with Crippen molar-refractivity contribution in [3.8, 4) is 0 Å². The quantitative estimate of drug-likeness (QED) is 0.224. The number of aromatic nitrogens is 2. The molecule has 164 valence electrons. The van der Waals surface area contributed by atoms with Crippen molar-refractivity contribution in [1.29, 1.82) is 0 Å². The van der Waals surface area contributed by atoms with E-state index in [0.717, 1.165) is 13.0 Å². The molecule has 2 heteroatoms. The summed E-state index contributed by atoms with van der Waals surface area (Å²) in [5, 5.41) is 5.48. The van der Waals surface area contributed by atoms with E-state index in [-0.39, 0.29) is 0 Å². The lowest BCUT2D eigenvalue weighted by Gasteiger charge is -2.20. The summed E-state index contributed by atoms with van der Waals surface area (Å²) in [6.07, 6.45) is 4.77. The summed E-state index contributed by atoms with van der Waals surface area (Å²) < 4.78 is 5.12. The average molecular weight is 431 g/mol. The maximum Gasteiger partial charge on any atom is 0.0493 e. The molecule has 1 atom stereocenters. The van der Waals surface area contributed by atoms with E-state index in [1.54, 1.807) is 0 Å². The first-order chi connectivity index (χ1) is 16.4. The summed E-state index contributed by atoms with van der Waals surface area (Å²) >= 11 is 0. The number of fused-ring (bicyclic) bond motifs is 6. The topological polar surface area (TPSA) is 9.86 Å². The van der Waals surface area contributed by atoms with Gasteiger partial charge in [0.1, 0.15) is 0 Å². The number of para-hydroxylation sites is 4. The number of hydrogen-bond acceptors (Lipinski definition) is 0. The van der Waals surface area contributed by atoms with Crippen LogP contribution in [0.2, 0.25) is 0 Å². The van der Waals surface area contributed by atoms with Crippen molar-refractivity contribution in [2.24, 2.45) is 0 Å². The van der Waals surface area contributed by atoms with Crippen LogP contribution in [0.1, 0.15) is 38.6 Å². The average Bonchev–Trinajstić information content (AvgIpc) is 3.38. The lowest BCUT2D eigenvalue weighted by atomic mass is 10.1. The van der Waals surface area contributed by atoms with E-state index in [9.17, 15) is 0 Å². The second-order valence-corrected chi connectivity index (χ2v) is 9.15. The highest BCUT2D eigenvalue weighted by Crippen LogP contribution is 2.35. The van der Waals surface area contributed by atoms with Crippen molar-refractivity contribution in [1.82, 2.24) is 9.13 Å². The van der Waals surface area contributed by atoms with Crippen LogP contribution in [0, 0.1) is 0 Å². The first kappa shape index (κ1) is 20.1. The molecular formula is C31H30N2. The molecule has 2 nitrogen and oxygen atoms in total. The van der Waals surface area contributed by atoms with Gasteiger partial charge in [0.05, 0.1) is 0 Å². The molecule has 0 N–H and O–H groups in total. The van der Waals surface area contributed by atoms with Crippen LogP contribution in [-0.2, 0) is 6.54 Å². The third-order valence-corrected chi connectivity index (χ3v) is 7.30. The Morgan fingerprint density at radius 1 is 0.545 bits per heavy atom. The Labute approximate surface area is 195 Å². The fourth-order valence-electron chi connectivity index (χ4n) is 5.76. The molecule has 0 fully saturated rings. The maximum atomic E-state index is 2.60. The van der Waals surface area contributed by atoms with Crippen LogP contribution < -0.4 is 0 Å². The van der Waals surface area contributed by atoms with Crippen molar-refractivity contribution in [2.75, 3.05) is 0 Å². The lowest BCUT2D eigenvalue weighted by molar-refractivity contribution is 0.444. The van der Waals surface area contributed by atoms with Crippen molar-refractivity contribution in [2.45, 2.75) is 45.2 Å². The molecule has 33 heavy (non-hydrogen) atoms. The Hall–Kier alpha value is -3.52. The zero-order valence-corrected chi connectivity index (χ0v) is 19.2. The van der Waals surface area contributed by atoms with Gasteiger partial charge in [0.15, 0.2) is 0 Å². The highest BCUT2D eigenvalue weighted by atomic mass is 15.0. The van der Waals surface area contributed by atoms with Gasteiger partial charge >= 0.3 is 0 Å². The highest BCUT2D eigenvalue weighted by molar-refractivity contribution is 6.08. The van der Waals surface area contributed by atoms with Crippen molar-refractivity contribution in [3.05, 3.63) is 97.1 Å². The molecule has 0 saturated heterocycles. The van der Waals surface area contributed by atoms with Gasteiger partial charge in [-0.2, -0.15) is 0 Å². The van der Waals surface area contributed by atoms with Crippen LogP contribution in [0.4, 0.5) is 0 Å². The molecule has 6 rings (SSSR count). The summed E-state index contributed by atoms with van der Waals surface area (Å²) in [6, 6.07) is 36.0. The molecule has 0 bridgehead atoms. The summed E-state index contributed by atoms with van der Waals surface area (Å²) in [7, 11) is 0. The minimum Gasteiger partial charge on any atom is -0.340 e. The molecule has 0 amide bonds. The molecule has 0 aliphatic rings. The van der Waals surface area contributed by atoms with Crippen LogP contribution in [0.15, 0.2) is 97.1 Å². The molecule has 6 aromatic rings. The molecule has 2 aromatic heterocycles. The molecule has 0 radical (unpaired) electrons. The van der Waals surface area contributed by atoms with E-state index in [2.05, 4.69) is 113 Å². The van der Waals surface area contributed by atoms with Gasteiger partial charge in [0, 0.05) is 56.2 Å². The van der Waals surface area contributed by atoms with Gasteiger partial charge in [-0.3, -0.25) is 0 Å². The van der Waals surface area contributed by atoms with E-state index in [1.807, 2.05) is 0 Å². The van der Waals surface area contributed by atoms with Crippen LogP contribution in [0.25, 0.3) is 43.6 Å². The van der Waals surface area contributed by atoms with E-state index < -0.39 is 0 Å². The number of unbranched alkanes of at least 4 members (excludes halogenated alkanes) is 1. The smallest absolute Gasteiger partial charge is 0.0493 e. The largest absolute Gasteiger partial charge is 0.340 e. The van der Waals surface area contributed by atoms with Gasteiger partial charge in [-0.1, -0.05) is 79.7 Å². The molecule has 0 aliphatic heterocycles. The zero-order valence-electron chi connectivity index (χ0n) is 19.2. The van der Waals surface area contributed by atoms with Crippen molar-refractivity contribution < 1.29 is 0 Å². The Kier molecular flexibility index (Phi) is 5.14. The predicted octanol–water partition coefficient (Wildman–Crippen LogP) is 8.72. The van der Waals surface area contributed by atoms with Gasteiger partial charge < -0.3 is 9.13 Å². The Morgan fingerprint density at radius 3 is 1.45 bits per heavy atom. The van der Waals surface area contributed by atoms with E-state index in [1.165, 1.54) is 62.9 Å². The van der Waals surface area contributed by atoms with Gasteiger partial charge in [0.2, 0.25) is 0 Å². The third kappa shape index (κ3) is 3.33. The minimum atomic E-state index is 0.521. The fourth-order valence-corrected chi connectivity index (χ4v) is 5.76. The fraction of sp³-hybridized carbons (Fsp3) is 0.226. The maximum absolute atomic E-state index is 2.60. The first-order valence-corrected chi connectivity index (χ1v) is 12.3.